The average molecular weight is 367 g/mol. The molecular formula is C17H25N3O6. The van der Waals surface area contributed by atoms with Crippen LogP contribution in [-0.2, 0) is 14.2 Å². The first-order valence-electron chi connectivity index (χ1n) is 8.51. The number of amides is 2. The molecule has 0 unspecified atom stereocenters. The standard InChI is InChI=1S/C17H25N3O6/c1-23-7-6-18-14-15(21)13(12-9-25-16(14)26-12)20-17(22)19-10-4-3-5-11(8-10)24-2/h3-5,8,12-16,18,21H,6-7,9H2,1-2H3,(H2,19,20,22)/t12-,13-,14-,15+,16-/m1/s1. The van der Waals surface area contributed by atoms with Crippen molar-refractivity contribution in [2.24, 2.45) is 0 Å². The molecule has 0 saturated carbocycles. The van der Waals surface area contributed by atoms with E-state index in [9.17, 15) is 9.90 Å². The lowest BCUT2D eigenvalue weighted by Gasteiger charge is -2.39. The number of hydrogen-bond donors (Lipinski definition) is 4. The van der Waals surface area contributed by atoms with Gasteiger partial charge < -0.3 is 40.0 Å². The summed E-state index contributed by atoms with van der Waals surface area (Å²) in [5, 5.41) is 19.4. The number of nitrogens with one attached hydrogen (secondary N) is 3. The number of anilines is 1. The van der Waals surface area contributed by atoms with Gasteiger partial charge in [-0.15, -0.1) is 0 Å². The van der Waals surface area contributed by atoms with Gasteiger partial charge in [0, 0.05) is 25.4 Å². The Labute approximate surface area is 151 Å². The molecule has 0 aliphatic carbocycles. The first kappa shape index (κ1) is 18.9. The number of aliphatic hydroxyl groups excluding tert-OH is 1. The highest BCUT2D eigenvalue weighted by Crippen LogP contribution is 2.28. The van der Waals surface area contributed by atoms with Crippen LogP contribution in [0.25, 0.3) is 0 Å². The first-order valence-corrected chi connectivity index (χ1v) is 8.51. The van der Waals surface area contributed by atoms with Gasteiger partial charge in [-0.25, -0.2) is 4.79 Å². The molecule has 144 valence electrons. The lowest BCUT2D eigenvalue weighted by atomic mass is 9.96. The molecule has 0 radical (unpaired) electrons. The zero-order valence-electron chi connectivity index (χ0n) is 14.8. The van der Waals surface area contributed by atoms with Crippen LogP contribution in [0.3, 0.4) is 0 Å². The van der Waals surface area contributed by atoms with Crippen LogP contribution in [-0.4, -0.2) is 75.7 Å². The Morgan fingerprint density at radius 1 is 1.35 bits per heavy atom. The van der Waals surface area contributed by atoms with Gasteiger partial charge in [0.25, 0.3) is 0 Å². The van der Waals surface area contributed by atoms with Crippen LogP contribution in [0.15, 0.2) is 24.3 Å². The van der Waals surface area contributed by atoms with Gasteiger partial charge in [0.1, 0.15) is 11.9 Å². The summed E-state index contributed by atoms with van der Waals surface area (Å²) in [4.78, 5) is 12.4. The molecule has 1 aromatic carbocycles. The van der Waals surface area contributed by atoms with E-state index in [0.29, 0.717) is 31.2 Å². The Kier molecular flexibility index (Phi) is 6.28. The van der Waals surface area contributed by atoms with E-state index in [0.717, 1.165) is 0 Å². The Balaban J connectivity index is 1.61. The van der Waals surface area contributed by atoms with Crippen molar-refractivity contribution in [3.8, 4) is 5.75 Å². The number of fused-ring (bicyclic) bond motifs is 2. The molecular weight excluding hydrogens is 342 g/mol. The van der Waals surface area contributed by atoms with E-state index in [2.05, 4.69) is 16.0 Å². The number of aliphatic hydroxyl groups is 1. The van der Waals surface area contributed by atoms with Crippen molar-refractivity contribution in [1.29, 1.82) is 0 Å². The van der Waals surface area contributed by atoms with E-state index in [1.807, 2.05) is 0 Å². The van der Waals surface area contributed by atoms with Crippen molar-refractivity contribution in [3.05, 3.63) is 24.3 Å². The summed E-state index contributed by atoms with van der Waals surface area (Å²) in [5.74, 6) is 0.637. The molecule has 2 bridgehead atoms. The third-order valence-corrected chi connectivity index (χ3v) is 4.47. The van der Waals surface area contributed by atoms with Gasteiger partial charge in [0.2, 0.25) is 0 Å². The molecule has 9 nitrogen and oxygen atoms in total. The molecule has 5 atom stereocenters. The van der Waals surface area contributed by atoms with Crippen molar-refractivity contribution in [2.45, 2.75) is 30.6 Å². The molecule has 1 aromatic rings. The second-order valence-electron chi connectivity index (χ2n) is 6.20. The van der Waals surface area contributed by atoms with Crippen LogP contribution in [0.5, 0.6) is 5.75 Å². The molecule has 2 saturated heterocycles. The number of hydrogen-bond acceptors (Lipinski definition) is 7. The summed E-state index contributed by atoms with van der Waals surface area (Å²) < 4.78 is 21.5. The first-order chi connectivity index (χ1) is 12.6. The number of rotatable bonds is 7. The molecule has 0 spiro atoms. The highest BCUT2D eigenvalue weighted by Gasteiger charge is 2.50. The largest absolute Gasteiger partial charge is 0.497 e. The Morgan fingerprint density at radius 2 is 2.19 bits per heavy atom. The van der Waals surface area contributed by atoms with E-state index in [1.165, 1.54) is 0 Å². The summed E-state index contributed by atoms with van der Waals surface area (Å²) in [6.07, 6.45) is -1.79. The van der Waals surface area contributed by atoms with Crippen molar-refractivity contribution in [3.63, 3.8) is 0 Å². The minimum Gasteiger partial charge on any atom is -0.497 e. The Morgan fingerprint density at radius 3 is 2.96 bits per heavy atom. The third-order valence-electron chi connectivity index (χ3n) is 4.47. The minimum atomic E-state index is -0.853. The molecule has 26 heavy (non-hydrogen) atoms. The van der Waals surface area contributed by atoms with Crippen molar-refractivity contribution in [2.75, 3.05) is 39.3 Å². The SMILES string of the molecule is COCCN[C@H]1[C@@H]2OC[C@@H](O2)[C@@H](NC(=O)Nc2cccc(OC)c2)[C@@H]1O. The third kappa shape index (κ3) is 4.25. The fourth-order valence-corrected chi connectivity index (χ4v) is 3.16. The topological polar surface area (TPSA) is 110 Å². The average Bonchev–Trinajstić information content (AvgIpc) is 3.08. The van der Waals surface area contributed by atoms with Crippen LogP contribution < -0.4 is 20.7 Å². The van der Waals surface area contributed by atoms with Crippen molar-refractivity contribution < 1.29 is 28.8 Å². The minimum absolute atomic E-state index is 0.314. The summed E-state index contributed by atoms with van der Waals surface area (Å²) in [6, 6.07) is 5.53. The number of urea groups is 1. The number of carbonyl (C=O) groups excluding carboxylic acids is 1. The molecule has 2 fully saturated rings. The van der Waals surface area contributed by atoms with Crippen LogP contribution in [0.4, 0.5) is 10.5 Å². The van der Waals surface area contributed by atoms with Crippen molar-refractivity contribution in [1.82, 2.24) is 10.6 Å². The lowest BCUT2D eigenvalue weighted by Crippen LogP contribution is -2.65. The van der Waals surface area contributed by atoms with Gasteiger partial charge in [-0.05, 0) is 12.1 Å². The molecule has 2 aliphatic heterocycles. The second kappa shape index (κ2) is 8.65. The zero-order chi connectivity index (χ0) is 18.5. The predicted octanol–water partition coefficient (Wildman–Crippen LogP) is -0.0941. The van der Waals surface area contributed by atoms with Gasteiger partial charge in [0.15, 0.2) is 6.29 Å². The maximum atomic E-state index is 12.4. The highest BCUT2D eigenvalue weighted by atomic mass is 16.7. The second-order valence-corrected chi connectivity index (χ2v) is 6.20. The van der Waals surface area contributed by atoms with Gasteiger partial charge >= 0.3 is 6.03 Å². The maximum Gasteiger partial charge on any atom is 0.319 e. The van der Waals surface area contributed by atoms with Crippen molar-refractivity contribution >= 4 is 11.7 Å². The number of benzene rings is 1. The summed E-state index contributed by atoms with van der Waals surface area (Å²) >= 11 is 0. The molecule has 0 aromatic heterocycles. The van der Waals surface area contributed by atoms with E-state index in [4.69, 9.17) is 18.9 Å². The van der Waals surface area contributed by atoms with Gasteiger partial charge in [0.05, 0.1) is 38.5 Å². The van der Waals surface area contributed by atoms with Gasteiger partial charge in [-0.3, -0.25) is 0 Å². The Hall–Kier alpha value is -1.91. The molecule has 2 heterocycles. The van der Waals surface area contributed by atoms with Crippen LogP contribution >= 0.6 is 0 Å². The highest BCUT2D eigenvalue weighted by molar-refractivity contribution is 5.89. The Bertz CT molecular complexity index is 616. The molecule has 4 N–H and O–H groups in total. The normalized spacial score (nSPS) is 30.0. The van der Waals surface area contributed by atoms with Crippen LogP contribution in [0, 0.1) is 0 Å². The van der Waals surface area contributed by atoms with Gasteiger partial charge in [-0.2, -0.15) is 0 Å². The van der Waals surface area contributed by atoms with Gasteiger partial charge in [-0.1, -0.05) is 6.07 Å². The fraction of sp³-hybridized carbons (Fsp3) is 0.588. The van der Waals surface area contributed by atoms with E-state index < -0.39 is 36.6 Å². The molecule has 2 amide bonds. The number of carbonyl (C=O) groups is 1. The molecule has 2 aliphatic rings. The van der Waals surface area contributed by atoms with E-state index in [-0.39, 0.29) is 0 Å². The number of methoxy groups -OCH3 is 2. The smallest absolute Gasteiger partial charge is 0.319 e. The molecule has 3 rings (SSSR count). The molecule has 9 heteroatoms. The summed E-state index contributed by atoms with van der Waals surface area (Å²) in [5.41, 5.74) is 0.586. The summed E-state index contributed by atoms with van der Waals surface area (Å²) in [6.45, 7) is 1.34. The zero-order valence-corrected chi connectivity index (χ0v) is 14.8. The fourth-order valence-electron chi connectivity index (χ4n) is 3.16. The van der Waals surface area contributed by atoms with E-state index in [1.54, 1.807) is 38.5 Å². The quantitative estimate of drug-likeness (QED) is 0.499. The number of ether oxygens (including phenoxy) is 4. The van der Waals surface area contributed by atoms with Crippen LogP contribution in [0.1, 0.15) is 0 Å². The maximum absolute atomic E-state index is 12.4. The lowest BCUT2D eigenvalue weighted by molar-refractivity contribution is -0.151. The summed E-state index contributed by atoms with van der Waals surface area (Å²) in [7, 11) is 3.16. The predicted molar refractivity (Wildman–Crippen MR) is 93.2 cm³/mol. The monoisotopic (exact) mass is 367 g/mol. The van der Waals surface area contributed by atoms with E-state index >= 15 is 0 Å². The van der Waals surface area contributed by atoms with Crippen LogP contribution in [0.2, 0.25) is 0 Å².